The van der Waals surface area contributed by atoms with E-state index < -0.39 is 27.5 Å². The number of nitrogens with zero attached hydrogens (tertiary/aromatic N) is 1. The molecule has 0 bridgehead atoms. The van der Waals surface area contributed by atoms with Gasteiger partial charge in [-0.25, -0.2) is 13.2 Å². The number of hydrogen-bond donors (Lipinski definition) is 2. The van der Waals surface area contributed by atoms with Crippen LogP contribution in [0.15, 0.2) is 53.4 Å². The molecule has 0 saturated carbocycles. The molecule has 0 aromatic heterocycles. The van der Waals surface area contributed by atoms with Gasteiger partial charge in [-0.05, 0) is 49.9 Å². The number of imide groups is 1. The lowest BCUT2D eigenvalue weighted by Crippen LogP contribution is -2.45. The minimum atomic E-state index is -3.83. The number of hydrogen-bond acceptors (Lipinski definition) is 5. The summed E-state index contributed by atoms with van der Waals surface area (Å²) in [5.74, 6) is -0.237. The maximum Gasteiger partial charge on any atom is 0.322 e. The van der Waals surface area contributed by atoms with E-state index in [0.29, 0.717) is 24.3 Å². The molecule has 2 aliphatic heterocycles. The van der Waals surface area contributed by atoms with Gasteiger partial charge >= 0.3 is 6.03 Å². The van der Waals surface area contributed by atoms with Gasteiger partial charge in [0.25, 0.3) is 5.91 Å². The number of rotatable bonds is 6. The number of urea groups is 1. The number of piperidine rings is 1. The van der Waals surface area contributed by atoms with Crippen molar-refractivity contribution in [1.82, 2.24) is 14.9 Å². The van der Waals surface area contributed by atoms with E-state index in [1.54, 1.807) is 4.31 Å². The fourth-order valence-corrected chi connectivity index (χ4v) is 6.21. The fourth-order valence-electron chi connectivity index (χ4n) is 4.49. The Labute approximate surface area is 188 Å². The molecular weight excluding hydrogens is 430 g/mol. The molecule has 0 unspecified atom stereocenters. The smallest absolute Gasteiger partial charge is 0.322 e. The number of methoxy groups -OCH3 is 1. The van der Waals surface area contributed by atoms with Crippen molar-refractivity contribution in [2.45, 2.75) is 49.1 Å². The number of sulfonamides is 1. The van der Waals surface area contributed by atoms with Gasteiger partial charge in [0.1, 0.15) is 11.3 Å². The molecule has 9 heteroatoms. The monoisotopic (exact) mass is 457 g/mol. The zero-order valence-corrected chi connectivity index (χ0v) is 18.9. The van der Waals surface area contributed by atoms with Gasteiger partial charge in [0.15, 0.2) is 0 Å². The van der Waals surface area contributed by atoms with Gasteiger partial charge in [-0.2, -0.15) is 4.31 Å². The maximum atomic E-state index is 13.7. The van der Waals surface area contributed by atoms with Crippen LogP contribution in [0, 0.1) is 0 Å². The highest BCUT2D eigenvalue weighted by Crippen LogP contribution is 2.36. The minimum absolute atomic E-state index is 0.0726. The number of amides is 3. The zero-order valence-electron chi connectivity index (χ0n) is 18.1. The average Bonchev–Trinajstić information content (AvgIpc) is 3.06. The van der Waals surface area contributed by atoms with Crippen LogP contribution in [0.25, 0.3) is 0 Å². The summed E-state index contributed by atoms with van der Waals surface area (Å²) in [5, 5.41) is 4.79. The van der Waals surface area contributed by atoms with Crippen LogP contribution in [0.2, 0.25) is 0 Å². The summed E-state index contributed by atoms with van der Waals surface area (Å²) >= 11 is 0. The Balaban J connectivity index is 1.71. The lowest BCUT2D eigenvalue weighted by molar-refractivity contribution is -0.123. The highest BCUT2D eigenvalue weighted by atomic mass is 32.2. The third-order valence-corrected chi connectivity index (χ3v) is 8.20. The summed E-state index contributed by atoms with van der Waals surface area (Å²) in [4.78, 5) is 24.3. The normalized spacial score (nSPS) is 24.1. The fraction of sp³-hybridized carbons (Fsp3) is 0.391. The first-order valence-corrected chi connectivity index (χ1v) is 12.1. The standard InChI is InChI=1S/C23H27N3O5S/c1-23(21(27)24-22(28)25-23)19-15-18(11-12-20(19)31-2)32(29,30)26-13-7-6-10-17(26)14-16-8-4-3-5-9-16/h3-5,8-9,11-12,15,17H,6-7,10,13-14H2,1-2H3,(H2,24,25,27,28)/t17-,23-/m0/s1. The van der Waals surface area contributed by atoms with Crippen LogP contribution in [0.3, 0.4) is 0 Å². The van der Waals surface area contributed by atoms with Gasteiger partial charge in [-0.3, -0.25) is 10.1 Å². The van der Waals surface area contributed by atoms with Crippen molar-refractivity contribution in [3.63, 3.8) is 0 Å². The molecule has 0 radical (unpaired) electrons. The second-order valence-electron chi connectivity index (χ2n) is 8.35. The molecule has 170 valence electrons. The molecule has 2 aliphatic rings. The van der Waals surface area contributed by atoms with E-state index in [2.05, 4.69) is 10.6 Å². The first-order chi connectivity index (χ1) is 15.3. The molecule has 4 rings (SSSR count). The van der Waals surface area contributed by atoms with Crippen molar-refractivity contribution in [2.75, 3.05) is 13.7 Å². The van der Waals surface area contributed by atoms with Crippen LogP contribution in [0.5, 0.6) is 5.75 Å². The van der Waals surface area contributed by atoms with Gasteiger partial charge in [0, 0.05) is 18.2 Å². The Hall–Kier alpha value is -2.91. The summed E-state index contributed by atoms with van der Waals surface area (Å²) < 4.78 is 34.4. The third kappa shape index (κ3) is 3.98. The van der Waals surface area contributed by atoms with E-state index in [1.807, 2.05) is 30.3 Å². The predicted octanol–water partition coefficient (Wildman–Crippen LogP) is 2.54. The molecule has 2 N–H and O–H groups in total. The van der Waals surface area contributed by atoms with Crippen LogP contribution in [-0.4, -0.2) is 44.4 Å². The number of carbonyl (C=O) groups excluding carboxylic acids is 2. The SMILES string of the molecule is COc1ccc(S(=O)(=O)N2CCCC[C@H]2Cc2ccccc2)cc1[C@]1(C)NC(=O)NC1=O. The predicted molar refractivity (Wildman–Crippen MR) is 119 cm³/mol. The molecular formula is C23H27N3O5S. The Bertz CT molecular complexity index is 1140. The lowest BCUT2D eigenvalue weighted by atomic mass is 9.91. The van der Waals surface area contributed by atoms with Crippen molar-refractivity contribution in [1.29, 1.82) is 0 Å². The number of carbonyl (C=O) groups is 2. The zero-order chi connectivity index (χ0) is 22.9. The molecule has 2 atom stereocenters. The molecule has 2 aromatic rings. The molecule has 32 heavy (non-hydrogen) atoms. The van der Waals surface area contributed by atoms with E-state index in [0.717, 1.165) is 24.8 Å². The van der Waals surface area contributed by atoms with Crippen LogP contribution in [-0.2, 0) is 26.8 Å². The average molecular weight is 458 g/mol. The highest BCUT2D eigenvalue weighted by Gasteiger charge is 2.46. The molecule has 0 aliphatic carbocycles. The number of ether oxygens (including phenoxy) is 1. The number of nitrogens with one attached hydrogen (secondary N) is 2. The second kappa shape index (κ2) is 8.55. The van der Waals surface area contributed by atoms with E-state index in [1.165, 1.54) is 32.2 Å². The van der Waals surface area contributed by atoms with Crippen molar-refractivity contribution in [3.05, 3.63) is 59.7 Å². The second-order valence-corrected chi connectivity index (χ2v) is 10.2. The highest BCUT2D eigenvalue weighted by molar-refractivity contribution is 7.89. The molecule has 2 heterocycles. The van der Waals surface area contributed by atoms with E-state index >= 15 is 0 Å². The van der Waals surface area contributed by atoms with Crippen LogP contribution in [0.1, 0.15) is 37.3 Å². The quantitative estimate of drug-likeness (QED) is 0.649. The maximum absolute atomic E-state index is 13.7. The summed E-state index contributed by atoms with van der Waals surface area (Å²) in [6, 6.07) is 13.5. The minimum Gasteiger partial charge on any atom is -0.496 e. The first kappa shape index (κ1) is 22.3. The van der Waals surface area contributed by atoms with Gasteiger partial charge < -0.3 is 10.1 Å². The Kier molecular flexibility index (Phi) is 5.96. The van der Waals surface area contributed by atoms with Gasteiger partial charge in [-0.1, -0.05) is 36.8 Å². The van der Waals surface area contributed by atoms with E-state index in [-0.39, 0.29) is 10.9 Å². The Morgan fingerprint density at radius 1 is 1.12 bits per heavy atom. The van der Waals surface area contributed by atoms with Crippen LogP contribution in [0.4, 0.5) is 4.79 Å². The van der Waals surface area contributed by atoms with Gasteiger partial charge in [0.2, 0.25) is 10.0 Å². The molecule has 8 nitrogen and oxygen atoms in total. The summed E-state index contributed by atoms with van der Waals surface area (Å²) in [6.07, 6.45) is 3.19. The van der Waals surface area contributed by atoms with Gasteiger partial charge in [0.05, 0.1) is 12.0 Å². The largest absolute Gasteiger partial charge is 0.496 e. The van der Waals surface area contributed by atoms with E-state index in [9.17, 15) is 18.0 Å². The first-order valence-electron chi connectivity index (χ1n) is 10.6. The molecule has 2 saturated heterocycles. The summed E-state index contributed by atoms with van der Waals surface area (Å²) in [6.45, 7) is 1.97. The molecule has 0 spiro atoms. The van der Waals surface area contributed by atoms with E-state index in [4.69, 9.17) is 4.74 Å². The van der Waals surface area contributed by atoms with Crippen LogP contribution >= 0.6 is 0 Å². The van der Waals surface area contributed by atoms with Crippen molar-refractivity contribution >= 4 is 22.0 Å². The summed E-state index contributed by atoms with van der Waals surface area (Å²) in [5.41, 5.74) is -0.0480. The topological polar surface area (TPSA) is 105 Å². The van der Waals surface area contributed by atoms with Crippen molar-refractivity contribution < 1.29 is 22.7 Å². The van der Waals surface area contributed by atoms with Crippen molar-refractivity contribution in [2.24, 2.45) is 0 Å². The lowest BCUT2D eigenvalue weighted by Gasteiger charge is -2.35. The number of benzene rings is 2. The molecule has 3 amide bonds. The molecule has 2 aromatic carbocycles. The Morgan fingerprint density at radius 2 is 1.88 bits per heavy atom. The van der Waals surface area contributed by atoms with Crippen molar-refractivity contribution in [3.8, 4) is 5.75 Å². The third-order valence-electron chi connectivity index (χ3n) is 6.25. The van der Waals surface area contributed by atoms with Gasteiger partial charge in [-0.15, -0.1) is 0 Å². The molecule has 2 fully saturated rings. The summed E-state index contributed by atoms with van der Waals surface area (Å²) in [7, 11) is -2.40. The Morgan fingerprint density at radius 3 is 2.53 bits per heavy atom. The van der Waals surface area contributed by atoms with Crippen LogP contribution < -0.4 is 15.4 Å².